The van der Waals surface area contributed by atoms with Crippen LogP contribution in [0.3, 0.4) is 0 Å². The number of piperidine rings is 1. The Morgan fingerprint density at radius 1 is 1.14 bits per heavy atom. The normalized spacial score (nSPS) is 19.2. The predicted octanol–water partition coefficient (Wildman–Crippen LogP) is 4.70. The number of hydrogen-bond donors (Lipinski definition) is 2. The fourth-order valence-electron chi connectivity index (χ4n) is 3.82. The lowest BCUT2D eigenvalue weighted by molar-refractivity contribution is 0.174. The quantitative estimate of drug-likeness (QED) is 0.729. The summed E-state index contributed by atoms with van der Waals surface area (Å²) in [6.07, 6.45) is 2.62. The summed E-state index contributed by atoms with van der Waals surface area (Å²) in [6.45, 7) is 7.02. The number of fused-ring (bicyclic) bond motifs is 1. The summed E-state index contributed by atoms with van der Waals surface area (Å²) in [7, 11) is 0. The van der Waals surface area contributed by atoms with E-state index in [1.165, 1.54) is 24.1 Å². The number of rotatable bonds is 4. The molecule has 2 aromatic rings. The monoisotopic (exact) mass is 397 g/mol. The molecule has 0 spiro atoms. The Kier molecular flexibility index (Phi) is 5.57. The maximum Gasteiger partial charge on any atom is 0.231 e. The summed E-state index contributed by atoms with van der Waals surface area (Å²) in [4.78, 5) is 2.49. The van der Waals surface area contributed by atoms with Gasteiger partial charge in [0.15, 0.2) is 16.6 Å². The van der Waals surface area contributed by atoms with Crippen LogP contribution in [0.2, 0.25) is 0 Å². The minimum absolute atomic E-state index is 0.114. The van der Waals surface area contributed by atoms with Crippen molar-refractivity contribution in [2.75, 3.05) is 30.1 Å². The van der Waals surface area contributed by atoms with Gasteiger partial charge in [-0.15, -0.1) is 0 Å². The average Bonchev–Trinajstić information content (AvgIpc) is 3.16. The predicted molar refractivity (Wildman–Crippen MR) is 117 cm³/mol. The van der Waals surface area contributed by atoms with Gasteiger partial charge in [-0.25, -0.2) is 0 Å². The van der Waals surface area contributed by atoms with Crippen LogP contribution in [0, 0.1) is 5.92 Å². The van der Waals surface area contributed by atoms with Crippen molar-refractivity contribution in [2.24, 2.45) is 5.92 Å². The number of nitrogens with one attached hydrogen (secondary N) is 2. The lowest BCUT2D eigenvalue weighted by Crippen LogP contribution is -2.34. The second kappa shape index (κ2) is 8.27. The third-order valence-electron chi connectivity index (χ3n) is 5.39. The van der Waals surface area contributed by atoms with E-state index in [1.54, 1.807) is 0 Å². The van der Waals surface area contributed by atoms with Crippen LogP contribution in [0.25, 0.3) is 0 Å². The van der Waals surface area contributed by atoms with Crippen molar-refractivity contribution < 1.29 is 9.47 Å². The average molecular weight is 398 g/mol. The molecule has 0 bridgehead atoms. The van der Waals surface area contributed by atoms with Crippen LogP contribution in [0.1, 0.15) is 38.3 Å². The molecule has 1 fully saturated rings. The van der Waals surface area contributed by atoms with E-state index >= 15 is 0 Å². The molecule has 148 valence electrons. The molecule has 28 heavy (non-hydrogen) atoms. The minimum Gasteiger partial charge on any atom is -0.454 e. The number of nitrogens with zero attached hydrogens (tertiary/aromatic N) is 1. The number of anilines is 2. The third-order valence-corrected chi connectivity index (χ3v) is 5.61. The van der Waals surface area contributed by atoms with Crippen molar-refractivity contribution in [1.82, 2.24) is 5.32 Å². The first-order chi connectivity index (χ1) is 13.6. The Morgan fingerprint density at radius 2 is 1.93 bits per heavy atom. The van der Waals surface area contributed by atoms with Crippen molar-refractivity contribution in [3.63, 3.8) is 0 Å². The van der Waals surface area contributed by atoms with E-state index in [2.05, 4.69) is 53.6 Å². The molecular formula is C22H27N3O2S. The minimum atomic E-state index is 0.114. The molecule has 2 heterocycles. The number of thiocarbonyl (C=S) groups is 1. The Bertz CT molecular complexity index is 840. The van der Waals surface area contributed by atoms with E-state index in [4.69, 9.17) is 21.7 Å². The van der Waals surface area contributed by atoms with Crippen molar-refractivity contribution in [3.8, 4) is 11.5 Å². The molecule has 2 aromatic carbocycles. The fraction of sp³-hybridized carbons (Fsp3) is 0.409. The largest absolute Gasteiger partial charge is 0.454 e. The summed E-state index contributed by atoms with van der Waals surface area (Å²) in [5.74, 6) is 2.28. The van der Waals surface area contributed by atoms with Crippen molar-refractivity contribution >= 4 is 28.7 Å². The van der Waals surface area contributed by atoms with Gasteiger partial charge in [0.25, 0.3) is 0 Å². The summed E-state index contributed by atoms with van der Waals surface area (Å²) in [5.41, 5.74) is 3.40. The van der Waals surface area contributed by atoms with Gasteiger partial charge in [0.05, 0.1) is 6.04 Å². The molecule has 5 nitrogen and oxygen atoms in total. The van der Waals surface area contributed by atoms with Gasteiger partial charge < -0.3 is 25.0 Å². The van der Waals surface area contributed by atoms with Gasteiger partial charge in [-0.05, 0) is 67.7 Å². The molecule has 4 rings (SSSR count). The maximum atomic E-state index is 5.48. The second-order valence-corrected chi connectivity index (χ2v) is 8.08. The van der Waals surface area contributed by atoms with E-state index in [0.29, 0.717) is 5.11 Å². The van der Waals surface area contributed by atoms with Gasteiger partial charge >= 0.3 is 0 Å². The molecule has 2 aliphatic heterocycles. The third kappa shape index (κ3) is 4.33. The molecule has 2 N–H and O–H groups in total. The van der Waals surface area contributed by atoms with Crippen LogP contribution >= 0.6 is 12.2 Å². The maximum absolute atomic E-state index is 5.48. The highest BCUT2D eigenvalue weighted by Crippen LogP contribution is 2.34. The zero-order valence-electron chi connectivity index (χ0n) is 16.4. The van der Waals surface area contributed by atoms with Crippen LogP contribution in [0.5, 0.6) is 11.5 Å². The summed E-state index contributed by atoms with van der Waals surface area (Å²) < 4.78 is 10.7. The molecule has 2 atom stereocenters. The first kappa shape index (κ1) is 18.9. The van der Waals surface area contributed by atoms with Gasteiger partial charge in [0.2, 0.25) is 6.79 Å². The molecule has 6 heteroatoms. The van der Waals surface area contributed by atoms with Gasteiger partial charge in [-0.3, -0.25) is 0 Å². The summed E-state index contributed by atoms with van der Waals surface area (Å²) >= 11 is 5.48. The number of hydrogen-bond acceptors (Lipinski definition) is 4. The van der Waals surface area contributed by atoms with Gasteiger partial charge in [-0.2, -0.15) is 0 Å². The lowest BCUT2D eigenvalue weighted by Gasteiger charge is -2.33. The highest BCUT2D eigenvalue weighted by molar-refractivity contribution is 7.80. The standard InChI is InChI=1S/C22H27N3O2S/c1-15-4-3-11-25(13-15)19-8-5-17(6-9-19)16(2)23-22(28)24-18-7-10-20-21(12-18)27-14-26-20/h5-10,12,15-16H,3-4,11,13-14H2,1-2H3,(H2,23,24,28)/t15-,16+/m0/s1. The van der Waals surface area contributed by atoms with E-state index in [0.717, 1.165) is 36.2 Å². The molecule has 0 aliphatic carbocycles. The molecule has 0 saturated carbocycles. The van der Waals surface area contributed by atoms with E-state index in [1.807, 2.05) is 18.2 Å². The number of ether oxygens (including phenoxy) is 2. The van der Waals surface area contributed by atoms with Gasteiger partial charge in [0, 0.05) is 30.5 Å². The molecular weight excluding hydrogens is 370 g/mol. The smallest absolute Gasteiger partial charge is 0.231 e. The highest BCUT2D eigenvalue weighted by atomic mass is 32.1. The molecule has 0 aromatic heterocycles. The summed E-state index contributed by atoms with van der Waals surface area (Å²) in [5, 5.41) is 7.15. The second-order valence-electron chi connectivity index (χ2n) is 7.67. The highest BCUT2D eigenvalue weighted by Gasteiger charge is 2.17. The Labute approximate surface area is 172 Å². The Hall–Kier alpha value is -2.47. The van der Waals surface area contributed by atoms with Crippen LogP contribution < -0.4 is 25.0 Å². The molecule has 0 unspecified atom stereocenters. The van der Waals surface area contributed by atoms with Crippen molar-refractivity contribution in [3.05, 3.63) is 48.0 Å². The van der Waals surface area contributed by atoms with Crippen LogP contribution in [-0.2, 0) is 0 Å². The molecule has 2 aliphatic rings. The Morgan fingerprint density at radius 3 is 2.71 bits per heavy atom. The molecule has 0 radical (unpaired) electrons. The number of benzene rings is 2. The van der Waals surface area contributed by atoms with Gasteiger partial charge in [0.1, 0.15) is 0 Å². The fourth-order valence-corrected chi connectivity index (χ4v) is 4.11. The van der Waals surface area contributed by atoms with Crippen LogP contribution in [-0.4, -0.2) is 25.0 Å². The van der Waals surface area contributed by atoms with Crippen LogP contribution in [0.15, 0.2) is 42.5 Å². The van der Waals surface area contributed by atoms with E-state index in [9.17, 15) is 0 Å². The first-order valence-corrected chi connectivity index (χ1v) is 10.3. The van der Waals surface area contributed by atoms with Gasteiger partial charge in [-0.1, -0.05) is 19.1 Å². The summed E-state index contributed by atoms with van der Waals surface area (Å²) in [6, 6.07) is 14.7. The molecule has 0 amide bonds. The van der Waals surface area contributed by atoms with Crippen LogP contribution in [0.4, 0.5) is 11.4 Å². The Balaban J connectivity index is 1.34. The van der Waals surface area contributed by atoms with Crippen molar-refractivity contribution in [2.45, 2.75) is 32.7 Å². The molecule has 1 saturated heterocycles. The first-order valence-electron chi connectivity index (χ1n) is 9.90. The zero-order valence-corrected chi connectivity index (χ0v) is 17.2. The van der Waals surface area contributed by atoms with Crippen molar-refractivity contribution in [1.29, 1.82) is 0 Å². The van der Waals surface area contributed by atoms with E-state index < -0.39 is 0 Å². The van der Waals surface area contributed by atoms with E-state index in [-0.39, 0.29) is 12.8 Å². The topological polar surface area (TPSA) is 45.8 Å². The zero-order chi connectivity index (χ0) is 19.5. The SMILES string of the molecule is C[C@H]1CCCN(c2ccc([C@@H](C)NC(=S)Nc3ccc4c(c3)OCO4)cc2)C1. The lowest BCUT2D eigenvalue weighted by atomic mass is 9.99.